The first-order valence-electron chi connectivity index (χ1n) is 5.46. The Kier molecular flexibility index (Phi) is 4.14. The molecule has 0 unspecified atom stereocenters. The summed E-state index contributed by atoms with van der Waals surface area (Å²) in [5, 5.41) is 14.8. The Morgan fingerprint density at radius 1 is 1.45 bits per heavy atom. The number of nitrogens with zero attached hydrogens (tertiary/aromatic N) is 2. The molecule has 0 saturated heterocycles. The molecule has 0 saturated carbocycles. The highest BCUT2D eigenvalue weighted by Gasteiger charge is 2.13. The van der Waals surface area contributed by atoms with Gasteiger partial charge in [0.05, 0.1) is 17.4 Å². The number of amides is 1. The first-order valence-corrected chi connectivity index (χ1v) is 6.25. The van der Waals surface area contributed by atoms with Gasteiger partial charge in [0, 0.05) is 10.7 Å². The maximum absolute atomic E-state index is 13.6. The summed E-state index contributed by atoms with van der Waals surface area (Å²) in [7, 11) is 0. The number of aliphatic carboxylic acids is 1. The van der Waals surface area contributed by atoms with Gasteiger partial charge in [0.25, 0.3) is 5.91 Å². The van der Waals surface area contributed by atoms with Crippen LogP contribution in [0.2, 0.25) is 0 Å². The van der Waals surface area contributed by atoms with Crippen molar-refractivity contribution in [1.29, 1.82) is 0 Å². The van der Waals surface area contributed by atoms with Crippen LogP contribution in [0.4, 0.5) is 10.1 Å². The molecule has 0 aliphatic heterocycles. The number of carboxylic acids is 1. The number of rotatable bonds is 4. The van der Waals surface area contributed by atoms with E-state index in [4.69, 9.17) is 5.11 Å². The van der Waals surface area contributed by atoms with Crippen molar-refractivity contribution in [2.24, 2.45) is 0 Å². The molecule has 1 heterocycles. The number of halogens is 2. The third-order valence-corrected chi connectivity index (χ3v) is 2.86. The average molecular weight is 342 g/mol. The lowest BCUT2D eigenvalue weighted by atomic mass is 10.2. The molecule has 0 radical (unpaired) electrons. The molecule has 0 spiro atoms. The van der Waals surface area contributed by atoms with Crippen molar-refractivity contribution < 1.29 is 19.1 Å². The first kappa shape index (κ1) is 14.2. The number of hydrogen-bond donors (Lipinski definition) is 2. The fourth-order valence-corrected chi connectivity index (χ4v) is 1.86. The normalized spacial score (nSPS) is 10.3. The Labute approximate surface area is 121 Å². The summed E-state index contributed by atoms with van der Waals surface area (Å²) in [6.45, 7) is -0.317. The fourth-order valence-electron chi connectivity index (χ4n) is 1.53. The summed E-state index contributed by atoms with van der Waals surface area (Å²) >= 11 is 3.10. The van der Waals surface area contributed by atoms with E-state index in [1.165, 1.54) is 24.5 Å². The van der Waals surface area contributed by atoms with Crippen molar-refractivity contribution >= 4 is 33.5 Å². The van der Waals surface area contributed by atoms with Gasteiger partial charge in [0.15, 0.2) is 0 Å². The van der Waals surface area contributed by atoms with E-state index >= 15 is 0 Å². The molecule has 20 heavy (non-hydrogen) atoms. The highest BCUT2D eigenvalue weighted by Crippen LogP contribution is 2.16. The van der Waals surface area contributed by atoms with E-state index in [1.54, 1.807) is 6.07 Å². The molecule has 0 atom stereocenters. The second-order valence-corrected chi connectivity index (χ2v) is 4.81. The predicted octanol–water partition coefficient (Wildman–Crippen LogP) is 2.12. The summed E-state index contributed by atoms with van der Waals surface area (Å²) in [5.74, 6) is -2.34. The van der Waals surface area contributed by atoms with Crippen LogP contribution in [-0.2, 0) is 11.3 Å². The van der Waals surface area contributed by atoms with Gasteiger partial charge in [-0.05, 0) is 18.2 Å². The van der Waals surface area contributed by atoms with Gasteiger partial charge in [-0.15, -0.1) is 0 Å². The molecule has 0 aliphatic carbocycles. The van der Waals surface area contributed by atoms with Gasteiger partial charge in [-0.25, -0.2) is 4.39 Å². The number of carbonyl (C=O) groups excluding carboxylic acids is 1. The largest absolute Gasteiger partial charge is 0.480 e. The van der Waals surface area contributed by atoms with Crippen LogP contribution < -0.4 is 5.32 Å². The molecule has 0 fully saturated rings. The molecule has 104 valence electrons. The molecule has 1 aromatic heterocycles. The zero-order chi connectivity index (χ0) is 14.7. The first-order chi connectivity index (χ1) is 9.45. The Morgan fingerprint density at radius 3 is 2.85 bits per heavy atom. The van der Waals surface area contributed by atoms with Crippen molar-refractivity contribution in [2.45, 2.75) is 6.54 Å². The van der Waals surface area contributed by atoms with Crippen molar-refractivity contribution in [1.82, 2.24) is 9.78 Å². The Hall–Kier alpha value is -2.22. The average Bonchev–Trinajstić information content (AvgIpc) is 2.75. The van der Waals surface area contributed by atoms with Crippen molar-refractivity contribution in [3.8, 4) is 0 Å². The molecule has 2 aromatic rings. The zero-order valence-electron chi connectivity index (χ0n) is 10.0. The van der Waals surface area contributed by atoms with Crippen LogP contribution in [0.5, 0.6) is 0 Å². The number of aromatic nitrogens is 2. The molecule has 1 amide bonds. The van der Waals surface area contributed by atoms with Crippen molar-refractivity contribution in [3.63, 3.8) is 0 Å². The lowest BCUT2D eigenvalue weighted by Gasteiger charge is -2.04. The van der Waals surface area contributed by atoms with E-state index in [0.717, 1.165) is 4.68 Å². The summed E-state index contributed by atoms with van der Waals surface area (Å²) in [6.07, 6.45) is 2.64. The Balaban J connectivity index is 2.11. The fraction of sp³-hybridized carbons (Fsp3) is 0.0833. The van der Waals surface area contributed by atoms with Gasteiger partial charge in [0.1, 0.15) is 12.4 Å². The zero-order valence-corrected chi connectivity index (χ0v) is 11.6. The second-order valence-electron chi connectivity index (χ2n) is 3.90. The van der Waals surface area contributed by atoms with Gasteiger partial charge in [0.2, 0.25) is 0 Å². The predicted molar refractivity (Wildman–Crippen MR) is 71.9 cm³/mol. The maximum Gasteiger partial charge on any atom is 0.325 e. The van der Waals surface area contributed by atoms with Gasteiger partial charge in [-0.1, -0.05) is 15.9 Å². The maximum atomic E-state index is 13.6. The van der Waals surface area contributed by atoms with Crippen LogP contribution in [0.1, 0.15) is 10.4 Å². The minimum absolute atomic E-state index is 0.112. The van der Waals surface area contributed by atoms with Crippen LogP contribution in [0.15, 0.2) is 35.1 Å². The summed E-state index contributed by atoms with van der Waals surface area (Å²) in [4.78, 5) is 22.4. The Bertz CT molecular complexity index is 672. The molecule has 2 N–H and O–H groups in total. The van der Waals surface area contributed by atoms with Crippen LogP contribution in [-0.4, -0.2) is 26.8 Å². The van der Waals surface area contributed by atoms with Crippen LogP contribution >= 0.6 is 15.9 Å². The quantitative estimate of drug-likeness (QED) is 0.892. The topological polar surface area (TPSA) is 84.2 Å². The van der Waals surface area contributed by atoms with Gasteiger partial charge in [-0.3, -0.25) is 14.3 Å². The molecule has 0 aliphatic rings. The van der Waals surface area contributed by atoms with Crippen molar-refractivity contribution in [3.05, 3.63) is 46.4 Å². The number of carboxylic acid groups (broad SMARTS) is 1. The van der Waals surface area contributed by atoms with E-state index < -0.39 is 17.7 Å². The standard InChI is InChI=1S/C12H9BrFN3O3/c13-7-1-2-9(10(14)3-7)12(20)16-8-4-15-17(5-8)6-11(18)19/h1-5H,6H2,(H,16,20)(H,18,19). The highest BCUT2D eigenvalue weighted by atomic mass is 79.9. The Morgan fingerprint density at radius 2 is 2.20 bits per heavy atom. The van der Waals surface area contributed by atoms with Gasteiger partial charge in [-0.2, -0.15) is 5.10 Å². The molecule has 0 bridgehead atoms. The van der Waals surface area contributed by atoms with Gasteiger partial charge < -0.3 is 10.4 Å². The number of benzene rings is 1. The summed E-state index contributed by atoms with van der Waals surface area (Å²) < 4.78 is 15.3. The van der Waals surface area contributed by atoms with E-state index in [2.05, 4.69) is 26.3 Å². The third-order valence-electron chi connectivity index (χ3n) is 2.36. The second kappa shape index (κ2) is 5.83. The van der Waals surface area contributed by atoms with Crippen LogP contribution in [0.25, 0.3) is 0 Å². The third kappa shape index (κ3) is 3.41. The highest BCUT2D eigenvalue weighted by molar-refractivity contribution is 9.10. The molecule has 8 heteroatoms. The SMILES string of the molecule is O=C(O)Cn1cc(NC(=O)c2ccc(Br)cc2F)cn1. The summed E-state index contributed by atoms with van der Waals surface area (Å²) in [5.41, 5.74) is 0.178. The molecule has 6 nitrogen and oxygen atoms in total. The summed E-state index contributed by atoms with van der Waals surface area (Å²) in [6, 6.07) is 4.07. The smallest absolute Gasteiger partial charge is 0.325 e. The number of anilines is 1. The van der Waals surface area contributed by atoms with Crippen molar-refractivity contribution in [2.75, 3.05) is 5.32 Å². The van der Waals surface area contributed by atoms with Crippen LogP contribution in [0.3, 0.4) is 0 Å². The molecule has 2 rings (SSSR count). The minimum Gasteiger partial charge on any atom is -0.480 e. The lowest BCUT2D eigenvalue weighted by Crippen LogP contribution is -2.13. The number of nitrogens with one attached hydrogen (secondary N) is 1. The molecule has 1 aromatic carbocycles. The number of hydrogen-bond acceptors (Lipinski definition) is 3. The van der Waals surface area contributed by atoms with Crippen LogP contribution in [0, 0.1) is 5.82 Å². The van der Waals surface area contributed by atoms with E-state index in [0.29, 0.717) is 10.2 Å². The van der Waals surface area contributed by atoms with E-state index in [9.17, 15) is 14.0 Å². The molecular formula is C12H9BrFN3O3. The number of carbonyl (C=O) groups is 2. The van der Waals surface area contributed by atoms with E-state index in [-0.39, 0.29) is 12.1 Å². The van der Waals surface area contributed by atoms with Gasteiger partial charge >= 0.3 is 5.97 Å². The van der Waals surface area contributed by atoms with E-state index in [1.807, 2.05) is 0 Å². The lowest BCUT2D eigenvalue weighted by molar-refractivity contribution is -0.137. The minimum atomic E-state index is -1.05. The monoisotopic (exact) mass is 341 g/mol. The molecular weight excluding hydrogens is 333 g/mol.